The molecule has 1 saturated heterocycles. The van der Waals surface area contributed by atoms with Gasteiger partial charge in [-0.25, -0.2) is 9.67 Å². The average Bonchev–Trinajstić information content (AvgIpc) is 3.00. The Morgan fingerprint density at radius 2 is 1.88 bits per heavy atom. The van der Waals surface area contributed by atoms with Crippen LogP contribution in [-0.2, 0) is 7.05 Å². The fourth-order valence-corrected chi connectivity index (χ4v) is 4.38. The second-order valence-electron chi connectivity index (χ2n) is 5.76. The SMILES string of the molecule is Cn1ncc(N2CCN(c3nc4ccc(Br)cc4s3)CC2)cc1=O. The largest absolute Gasteiger partial charge is 0.367 e. The highest BCUT2D eigenvalue weighted by Gasteiger charge is 2.20. The van der Waals surface area contributed by atoms with E-state index in [-0.39, 0.29) is 5.56 Å². The van der Waals surface area contributed by atoms with E-state index in [9.17, 15) is 4.79 Å². The van der Waals surface area contributed by atoms with Gasteiger partial charge in [0, 0.05) is 43.8 Å². The molecule has 1 aromatic carbocycles. The van der Waals surface area contributed by atoms with E-state index in [1.807, 2.05) is 12.1 Å². The van der Waals surface area contributed by atoms with Gasteiger partial charge in [0.15, 0.2) is 5.13 Å². The van der Waals surface area contributed by atoms with E-state index in [1.54, 1.807) is 30.6 Å². The van der Waals surface area contributed by atoms with Crippen LogP contribution in [0.25, 0.3) is 10.2 Å². The molecular formula is C16H16BrN5OS. The van der Waals surface area contributed by atoms with Gasteiger partial charge in [0.2, 0.25) is 0 Å². The molecule has 3 heterocycles. The zero-order chi connectivity index (χ0) is 16.7. The topological polar surface area (TPSA) is 54.3 Å². The van der Waals surface area contributed by atoms with E-state index in [0.717, 1.165) is 47.0 Å². The van der Waals surface area contributed by atoms with Crippen LogP contribution in [0.4, 0.5) is 10.8 Å². The molecule has 0 unspecified atom stereocenters. The summed E-state index contributed by atoms with van der Waals surface area (Å²) in [6.45, 7) is 3.48. The van der Waals surface area contributed by atoms with E-state index >= 15 is 0 Å². The molecular weight excluding hydrogens is 390 g/mol. The second-order valence-corrected chi connectivity index (χ2v) is 7.68. The molecule has 0 saturated carbocycles. The third kappa shape index (κ3) is 2.91. The molecule has 24 heavy (non-hydrogen) atoms. The van der Waals surface area contributed by atoms with Crippen molar-refractivity contribution in [3.05, 3.63) is 45.3 Å². The van der Waals surface area contributed by atoms with Gasteiger partial charge in [-0.05, 0) is 18.2 Å². The van der Waals surface area contributed by atoms with Gasteiger partial charge in [0.05, 0.1) is 22.1 Å². The first-order valence-electron chi connectivity index (χ1n) is 7.69. The van der Waals surface area contributed by atoms with Crippen LogP contribution in [0.2, 0.25) is 0 Å². The minimum Gasteiger partial charge on any atom is -0.367 e. The van der Waals surface area contributed by atoms with Gasteiger partial charge in [-0.3, -0.25) is 4.79 Å². The quantitative estimate of drug-likeness (QED) is 0.655. The third-order valence-electron chi connectivity index (χ3n) is 4.21. The molecule has 0 atom stereocenters. The van der Waals surface area contributed by atoms with E-state index < -0.39 is 0 Å². The minimum atomic E-state index is -0.0771. The molecule has 0 spiro atoms. The Morgan fingerprint density at radius 3 is 2.62 bits per heavy atom. The molecule has 2 aromatic heterocycles. The smallest absolute Gasteiger partial charge is 0.268 e. The van der Waals surface area contributed by atoms with Crippen LogP contribution < -0.4 is 15.4 Å². The number of hydrogen-bond acceptors (Lipinski definition) is 6. The van der Waals surface area contributed by atoms with Crippen LogP contribution in [0.15, 0.2) is 39.7 Å². The molecule has 8 heteroatoms. The standard InChI is InChI=1S/C16H16BrN5OS/c1-20-15(23)9-12(10-18-20)21-4-6-22(7-5-21)16-19-13-3-2-11(17)8-14(13)24-16/h2-3,8-10H,4-7H2,1H3. The highest BCUT2D eigenvalue weighted by Crippen LogP contribution is 2.31. The van der Waals surface area contributed by atoms with Crippen LogP contribution in [0.5, 0.6) is 0 Å². The van der Waals surface area contributed by atoms with Crippen molar-refractivity contribution in [3.63, 3.8) is 0 Å². The lowest BCUT2D eigenvalue weighted by molar-refractivity contribution is 0.642. The summed E-state index contributed by atoms with van der Waals surface area (Å²) in [6, 6.07) is 7.82. The van der Waals surface area contributed by atoms with Crippen LogP contribution in [-0.4, -0.2) is 40.9 Å². The summed E-state index contributed by atoms with van der Waals surface area (Å²) < 4.78 is 3.62. The Hall–Kier alpha value is -1.93. The number of anilines is 2. The van der Waals surface area contributed by atoms with Crippen LogP contribution >= 0.6 is 27.3 Å². The summed E-state index contributed by atoms with van der Waals surface area (Å²) in [4.78, 5) is 21.0. The monoisotopic (exact) mass is 405 g/mol. The van der Waals surface area contributed by atoms with E-state index in [1.165, 1.54) is 9.38 Å². The number of rotatable bonds is 2. The molecule has 0 bridgehead atoms. The van der Waals surface area contributed by atoms with Crippen molar-refractivity contribution in [2.45, 2.75) is 0 Å². The summed E-state index contributed by atoms with van der Waals surface area (Å²) in [5.74, 6) is 0. The number of nitrogens with zero attached hydrogens (tertiary/aromatic N) is 5. The number of aromatic nitrogens is 3. The van der Waals surface area contributed by atoms with Crippen LogP contribution in [0, 0.1) is 0 Å². The number of benzene rings is 1. The van der Waals surface area contributed by atoms with E-state index in [4.69, 9.17) is 4.98 Å². The predicted octanol–water partition coefficient (Wildman–Crippen LogP) is 2.48. The molecule has 0 amide bonds. The normalized spacial score (nSPS) is 15.2. The van der Waals surface area contributed by atoms with E-state index in [2.05, 4.69) is 36.9 Å². The number of thiazole rings is 1. The Kier molecular flexibility index (Phi) is 4.01. The van der Waals surface area contributed by atoms with Gasteiger partial charge < -0.3 is 9.80 Å². The number of aryl methyl sites for hydroxylation is 1. The Morgan fingerprint density at radius 1 is 1.12 bits per heavy atom. The molecule has 0 aliphatic carbocycles. The van der Waals surface area contributed by atoms with Crippen molar-refractivity contribution in [2.24, 2.45) is 7.05 Å². The first-order valence-corrected chi connectivity index (χ1v) is 9.30. The number of hydrogen-bond donors (Lipinski definition) is 0. The summed E-state index contributed by atoms with van der Waals surface area (Å²) in [5.41, 5.74) is 1.86. The van der Waals surface area contributed by atoms with Gasteiger partial charge in [0.1, 0.15) is 0 Å². The predicted molar refractivity (Wildman–Crippen MR) is 101 cm³/mol. The third-order valence-corrected chi connectivity index (χ3v) is 5.78. The lowest BCUT2D eigenvalue weighted by atomic mass is 10.3. The van der Waals surface area contributed by atoms with Gasteiger partial charge in [0.25, 0.3) is 5.56 Å². The molecule has 3 aromatic rings. The van der Waals surface area contributed by atoms with Gasteiger partial charge in [-0.15, -0.1) is 0 Å². The van der Waals surface area contributed by atoms with Crippen molar-refractivity contribution in [3.8, 4) is 0 Å². The highest BCUT2D eigenvalue weighted by atomic mass is 79.9. The second kappa shape index (κ2) is 6.18. The van der Waals surface area contributed by atoms with Crippen LogP contribution in [0.1, 0.15) is 0 Å². The minimum absolute atomic E-state index is 0.0771. The zero-order valence-corrected chi connectivity index (χ0v) is 15.5. The maximum Gasteiger partial charge on any atom is 0.268 e. The lowest BCUT2D eigenvalue weighted by Crippen LogP contribution is -2.46. The molecule has 6 nitrogen and oxygen atoms in total. The molecule has 1 fully saturated rings. The fourth-order valence-electron chi connectivity index (χ4n) is 2.81. The Labute approximate surface area is 151 Å². The van der Waals surface area contributed by atoms with Crippen molar-refractivity contribution in [1.82, 2.24) is 14.8 Å². The highest BCUT2D eigenvalue weighted by molar-refractivity contribution is 9.10. The lowest BCUT2D eigenvalue weighted by Gasteiger charge is -2.35. The summed E-state index contributed by atoms with van der Waals surface area (Å²) in [7, 11) is 1.66. The number of piperazine rings is 1. The molecule has 124 valence electrons. The van der Waals surface area contributed by atoms with Gasteiger partial charge in [-0.2, -0.15) is 5.10 Å². The van der Waals surface area contributed by atoms with Crippen LogP contribution in [0.3, 0.4) is 0 Å². The average molecular weight is 406 g/mol. The van der Waals surface area contributed by atoms with Gasteiger partial charge >= 0.3 is 0 Å². The molecule has 0 radical (unpaired) electrons. The summed E-state index contributed by atoms with van der Waals surface area (Å²) in [5, 5.41) is 5.16. The molecule has 0 N–H and O–H groups in total. The van der Waals surface area contributed by atoms with Gasteiger partial charge in [-0.1, -0.05) is 27.3 Å². The number of fused-ring (bicyclic) bond motifs is 1. The maximum absolute atomic E-state index is 11.7. The summed E-state index contributed by atoms with van der Waals surface area (Å²) in [6.07, 6.45) is 1.76. The Balaban J connectivity index is 1.50. The Bertz CT molecular complexity index is 945. The molecule has 1 aliphatic rings. The van der Waals surface area contributed by atoms with Crippen molar-refractivity contribution < 1.29 is 0 Å². The maximum atomic E-state index is 11.7. The van der Waals surface area contributed by atoms with Crippen molar-refractivity contribution in [2.75, 3.05) is 36.0 Å². The molecule has 4 rings (SSSR count). The first-order chi connectivity index (χ1) is 11.6. The summed E-state index contributed by atoms with van der Waals surface area (Å²) >= 11 is 5.23. The zero-order valence-electron chi connectivity index (χ0n) is 13.1. The molecule has 1 aliphatic heterocycles. The van der Waals surface area contributed by atoms with E-state index in [0.29, 0.717) is 0 Å². The van der Waals surface area contributed by atoms with Crippen molar-refractivity contribution >= 4 is 48.3 Å². The first kappa shape index (κ1) is 15.6. The van der Waals surface area contributed by atoms with Crippen molar-refractivity contribution in [1.29, 1.82) is 0 Å². The number of halogens is 1. The fraction of sp³-hybridized carbons (Fsp3) is 0.312.